The van der Waals surface area contributed by atoms with Crippen LogP contribution in [-0.2, 0) is 0 Å². The van der Waals surface area contributed by atoms with Crippen LogP contribution in [0.25, 0.3) is 53.2 Å². The van der Waals surface area contributed by atoms with E-state index in [0.717, 1.165) is 5.46 Å². The predicted octanol–water partition coefficient (Wildman–Crippen LogP) is 5.65. The van der Waals surface area contributed by atoms with E-state index in [4.69, 9.17) is 7.85 Å². The first-order chi connectivity index (χ1) is 11.8. The highest BCUT2D eigenvalue weighted by Gasteiger charge is 2.24. The van der Waals surface area contributed by atoms with E-state index in [2.05, 4.69) is 54.6 Å². The third-order valence-electron chi connectivity index (χ3n) is 5.16. The number of hydrogen-bond acceptors (Lipinski definition) is 1. The summed E-state index contributed by atoms with van der Waals surface area (Å²) in [6.07, 6.45) is 0. The van der Waals surface area contributed by atoms with Gasteiger partial charge in [0.25, 0.3) is 0 Å². The van der Waals surface area contributed by atoms with Gasteiger partial charge in [-0.15, -0.1) is 11.3 Å². The third-order valence-corrected chi connectivity index (χ3v) is 6.35. The smallest absolute Gasteiger partial charge is 0.114 e. The maximum Gasteiger partial charge on any atom is 0.114 e. The van der Waals surface area contributed by atoms with Crippen molar-refractivity contribution in [2.45, 2.75) is 0 Å². The molecule has 0 saturated carbocycles. The fourth-order valence-corrected chi connectivity index (χ4v) is 5.48. The molecule has 4 aromatic carbocycles. The van der Waals surface area contributed by atoms with Crippen LogP contribution in [0, 0.1) is 0 Å². The molecule has 108 valence electrons. The molecule has 0 amide bonds. The summed E-state index contributed by atoms with van der Waals surface area (Å²) in [5.74, 6) is 0. The highest BCUT2D eigenvalue weighted by Crippen LogP contribution is 2.52. The van der Waals surface area contributed by atoms with Gasteiger partial charge >= 0.3 is 0 Å². The molecule has 1 aliphatic rings. The molecule has 0 fully saturated rings. The Balaban J connectivity index is 1.88. The zero-order valence-corrected chi connectivity index (χ0v) is 13.7. The Labute approximate surface area is 144 Å². The highest BCUT2D eigenvalue weighted by molar-refractivity contribution is 7.26. The predicted molar refractivity (Wildman–Crippen MR) is 107 cm³/mol. The van der Waals surface area contributed by atoms with Crippen molar-refractivity contribution in [3.05, 3.63) is 66.7 Å². The molecule has 0 aliphatic heterocycles. The molecule has 0 unspecified atom stereocenters. The van der Waals surface area contributed by atoms with Crippen LogP contribution in [0.4, 0.5) is 0 Å². The van der Waals surface area contributed by atoms with Gasteiger partial charge in [0, 0.05) is 20.3 Å². The van der Waals surface area contributed by atoms with E-state index < -0.39 is 0 Å². The molecule has 2 radical (unpaired) electrons. The molecule has 0 N–H and O–H groups in total. The molecule has 1 heterocycles. The normalized spacial score (nSPS) is 12.3. The van der Waals surface area contributed by atoms with Gasteiger partial charge in [0.1, 0.15) is 7.85 Å². The van der Waals surface area contributed by atoms with Gasteiger partial charge in [0.05, 0.1) is 0 Å². The summed E-state index contributed by atoms with van der Waals surface area (Å²) in [7, 11) is 6.28. The van der Waals surface area contributed by atoms with Gasteiger partial charge in [-0.1, -0.05) is 66.1 Å². The van der Waals surface area contributed by atoms with Crippen LogP contribution in [0.1, 0.15) is 0 Å². The Kier molecular flexibility index (Phi) is 2.28. The monoisotopic (exact) mass is 318 g/mol. The Bertz CT molecular complexity index is 1310. The second-order valence-electron chi connectivity index (χ2n) is 6.40. The number of hydrogen-bond donors (Lipinski definition) is 0. The van der Waals surface area contributed by atoms with Crippen molar-refractivity contribution in [3.63, 3.8) is 0 Å². The first-order valence-electron chi connectivity index (χ1n) is 8.09. The topological polar surface area (TPSA) is 0 Å². The molecular weight excluding hydrogens is 307 g/mol. The second kappa shape index (κ2) is 4.28. The molecule has 0 atom stereocenters. The summed E-state index contributed by atoms with van der Waals surface area (Å²) in [6.45, 7) is 0. The van der Waals surface area contributed by atoms with Crippen LogP contribution in [0.15, 0.2) is 66.7 Å². The lowest BCUT2D eigenvalue weighted by Gasteiger charge is -2.04. The minimum Gasteiger partial charge on any atom is -0.135 e. The number of fused-ring (bicyclic) bond motifs is 7. The highest BCUT2D eigenvalue weighted by atomic mass is 32.1. The van der Waals surface area contributed by atoms with Crippen LogP contribution < -0.4 is 5.46 Å². The van der Waals surface area contributed by atoms with Gasteiger partial charge in [0.15, 0.2) is 0 Å². The average Bonchev–Trinajstić information content (AvgIpc) is 3.14. The van der Waals surface area contributed by atoms with Gasteiger partial charge in [0.2, 0.25) is 0 Å². The molecule has 5 aromatic rings. The van der Waals surface area contributed by atoms with Crippen molar-refractivity contribution in [3.8, 4) is 22.3 Å². The molecule has 24 heavy (non-hydrogen) atoms. The van der Waals surface area contributed by atoms with Crippen LogP contribution >= 0.6 is 11.3 Å². The molecule has 0 nitrogen and oxygen atoms in total. The molecule has 1 aliphatic carbocycles. The quantitative estimate of drug-likeness (QED) is 0.318. The lowest BCUT2D eigenvalue weighted by molar-refractivity contribution is 1.77. The van der Waals surface area contributed by atoms with E-state index in [1.165, 1.54) is 53.2 Å². The molecule has 0 saturated heterocycles. The number of thiophene rings is 1. The van der Waals surface area contributed by atoms with E-state index in [1.807, 2.05) is 23.5 Å². The van der Waals surface area contributed by atoms with Crippen LogP contribution in [0.5, 0.6) is 0 Å². The minimum atomic E-state index is 0.868. The molecule has 6 rings (SSSR count). The van der Waals surface area contributed by atoms with Crippen LogP contribution in [0.3, 0.4) is 0 Å². The van der Waals surface area contributed by atoms with E-state index in [1.54, 1.807) is 0 Å². The Morgan fingerprint density at radius 1 is 0.667 bits per heavy atom. The van der Waals surface area contributed by atoms with Crippen LogP contribution in [-0.4, -0.2) is 7.85 Å². The molecule has 0 bridgehead atoms. The lowest BCUT2D eigenvalue weighted by Crippen LogP contribution is -2.00. The van der Waals surface area contributed by atoms with Gasteiger partial charge in [-0.05, 0) is 38.9 Å². The Morgan fingerprint density at radius 3 is 2.33 bits per heavy atom. The van der Waals surface area contributed by atoms with Crippen molar-refractivity contribution >= 4 is 55.6 Å². The van der Waals surface area contributed by atoms with Crippen molar-refractivity contribution < 1.29 is 0 Å². The first kappa shape index (κ1) is 12.8. The third kappa shape index (κ3) is 1.41. The van der Waals surface area contributed by atoms with Crippen molar-refractivity contribution in [2.24, 2.45) is 0 Å². The van der Waals surface area contributed by atoms with E-state index >= 15 is 0 Å². The Hall–Kier alpha value is -2.58. The van der Waals surface area contributed by atoms with Crippen molar-refractivity contribution in [2.75, 3.05) is 0 Å². The zero-order chi connectivity index (χ0) is 15.8. The summed E-state index contributed by atoms with van der Waals surface area (Å²) in [4.78, 5) is 0. The number of rotatable bonds is 0. The largest absolute Gasteiger partial charge is 0.135 e. The second-order valence-corrected chi connectivity index (χ2v) is 7.45. The summed E-state index contributed by atoms with van der Waals surface area (Å²) >= 11 is 1.86. The summed E-state index contributed by atoms with van der Waals surface area (Å²) in [5, 5.41) is 5.17. The molecular formula is C22H11BS. The van der Waals surface area contributed by atoms with Crippen molar-refractivity contribution in [1.29, 1.82) is 0 Å². The Morgan fingerprint density at radius 2 is 1.46 bits per heavy atom. The fraction of sp³-hybridized carbons (Fsp3) is 0. The average molecular weight is 318 g/mol. The van der Waals surface area contributed by atoms with E-state index in [0.29, 0.717) is 0 Å². The molecule has 2 heteroatoms. The standard InChI is InChI=1S/C22H11BS/c23-17-8-3-9-18-21(17)16-11-10-14-13-6-1-4-12-5-2-7-15(19(12)13)20(14)22(16)24-18/h1-11H. The first-order valence-corrected chi connectivity index (χ1v) is 8.91. The zero-order valence-electron chi connectivity index (χ0n) is 12.8. The maximum absolute atomic E-state index is 6.28. The van der Waals surface area contributed by atoms with Gasteiger partial charge in [-0.25, -0.2) is 0 Å². The summed E-state index contributed by atoms with van der Waals surface area (Å²) < 4.78 is 2.62. The number of benzene rings is 4. The molecule has 1 aromatic heterocycles. The van der Waals surface area contributed by atoms with E-state index in [9.17, 15) is 0 Å². The fourth-order valence-electron chi connectivity index (χ4n) is 4.18. The van der Waals surface area contributed by atoms with Gasteiger partial charge in [-0.3, -0.25) is 0 Å². The summed E-state index contributed by atoms with van der Waals surface area (Å²) in [6, 6.07) is 23.9. The van der Waals surface area contributed by atoms with E-state index in [-0.39, 0.29) is 0 Å². The van der Waals surface area contributed by atoms with Gasteiger partial charge < -0.3 is 0 Å². The molecule has 0 spiro atoms. The maximum atomic E-state index is 6.28. The van der Waals surface area contributed by atoms with Crippen LogP contribution in [0.2, 0.25) is 0 Å². The minimum absolute atomic E-state index is 0.868. The SMILES string of the molecule is [B]c1cccc2sc3c4c(ccc3c12)-c1cccc2cccc-4c12. The van der Waals surface area contributed by atoms with Gasteiger partial charge in [-0.2, -0.15) is 0 Å². The lowest BCUT2D eigenvalue weighted by atomic mass is 9.90. The summed E-state index contributed by atoms with van der Waals surface area (Å²) in [5.41, 5.74) is 6.30. The van der Waals surface area contributed by atoms with Crippen molar-refractivity contribution in [1.82, 2.24) is 0 Å².